The number of aromatic hydroxyl groups is 1. The second kappa shape index (κ2) is 3.91. The summed E-state index contributed by atoms with van der Waals surface area (Å²) in [5.74, 6) is -2.81. The maximum Gasteiger partial charge on any atom is 0.387 e. The van der Waals surface area contributed by atoms with Crippen LogP contribution in [-0.2, 0) is 0 Å². The van der Waals surface area contributed by atoms with E-state index in [1.54, 1.807) is 0 Å². The molecule has 1 rings (SSSR count). The Bertz CT molecular complexity index is 351. The molecule has 76 valence electrons. The van der Waals surface area contributed by atoms with Gasteiger partial charge in [0.05, 0.1) is 0 Å². The molecule has 0 radical (unpaired) electrons. The largest absolute Gasteiger partial charge is 0.504 e. The Hall–Kier alpha value is -1.85. The number of carboxylic acids is 1. The number of aromatic carboxylic acids is 1. The quantitative estimate of drug-likeness (QED) is 0.786. The van der Waals surface area contributed by atoms with Gasteiger partial charge in [-0.1, -0.05) is 6.07 Å². The van der Waals surface area contributed by atoms with Crippen LogP contribution in [0, 0.1) is 0 Å². The number of ether oxygens (including phenoxy) is 1. The van der Waals surface area contributed by atoms with Crippen molar-refractivity contribution in [2.24, 2.45) is 0 Å². The van der Waals surface area contributed by atoms with Gasteiger partial charge < -0.3 is 14.9 Å². The van der Waals surface area contributed by atoms with Crippen LogP contribution in [-0.4, -0.2) is 22.8 Å². The minimum atomic E-state index is -3.18. The lowest BCUT2D eigenvalue weighted by Crippen LogP contribution is -2.07. The van der Waals surface area contributed by atoms with E-state index in [1.807, 2.05) is 0 Å². The van der Waals surface area contributed by atoms with Crippen molar-refractivity contribution in [3.63, 3.8) is 0 Å². The maximum absolute atomic E-state index is 11.8. The second-order valence-corrected chi connectivity index (χ2v) is 2.34. The number of carboxylic acid groups (broad SMARTS) is 1. The highest BCUT2D eigenvalue weighted by molar-refractivity contribution is 5.91. The van der Waals surface area contributed by atoms with Crippen LogP contribution in [0.25, 0.3) is 0 Å². The van der Waals surface area contributed by atoms with Crippen molar-refractivity contribution in [2.75, 3.05) is 0 Å². The zero-order chi connectivity index (χ0) is 10.7. The summed E-state index contributed by atoms with van der Waals surface area (Å²) in [5.41, 5.74) is -0.509. The molecular formula is C8H6F2O4. The summed E-state index contributed by atoms with van der Waals surface area (Å²) in [5, 5.41) is 17.6. The number of hydrogen-bond donors (Lipinski definition) is 2. The van der Waals surface area contributed by atoms with E-state index < -0.39 is 29.6 Å². The molecule has 1 aromatic rings. The van der Waals surface area contributed by atoms with Crippen LogP contribution in [0.15, 0.2) is 18.2 Å². The highest BCUT2D eigenvalue weighted by Gasteiger charge is 2.18. The molecule has 0 spiro atoms. The summed E-state index contributed by atoms with van der Waals surface area (Å²) in [7, 11) is 0. The third-order valence-electron chi connectivity index (χ3n) is 1.43. The lowest BCUT2D eigenvalue weighted by Gasteiger charge is -2.08. The van der Waals surface area contributed by atoms with E-state index in [2.05, 4.69) is 4.74 Å². The molecule has 0 heterocycles. The topological polar surface area (TPSA) is 66.8 Å². The SMILES string of the molecule is O=C(O)c1cccc(O)c1OC(F)F. The van der Waals surface area contributed by atoms with Gasteiger partial charge >= 0.3 is 12.6 Å². The smallest absolute Gasteiger partial charge is 0.387 e. The van der Waals surface area contributed by atoms with Gasteiger partial charge in [-0.3, -0.25) is 0 Å². The monoisotopic (exact) mass is 204 g/mol. The number of rotatable bonds is 3. The van der Waals surface area contributed by atoms with E-state index >= 15 is 0 Å². The summed E-state index contributed by atoms with van der Waals surface area (Å²) in [6.45, 7) is -3.18. The van der Waals surface area contributed by atoms with Gasteiger partial charge in [0.1, 0.15) is 5.56 Å². The normalized spacial score (nSPS) is 10.2. The Balaban J connectivity index is 3.15. The van der Waals surface area contributed by atoms with Gasteiger partial charge in [-0.15, -0.1) is 0 Å². The number of phenolic OH excluding ortho intramolecular Hbond substituents is 1. The lowest BCUT2D eigenvalue weighted by atomic mass is 10.2. The molecule has 4 nitrogen and oxygen atoms in total. The molecule has 0 atom stereocenters. The Kier molecular flexibility index (Phi) is 2.85. The molecule has 0 amide bonds. The van der Waals surface area contributed by atoms with Crippen molar-refractivity contribution >= 4 is 5.97 Å². The van der Waals surface area contributed by atoms with Crippen LogP contribution in [0.3, 0.4) is 0 Å². The fourth-order valence-electron chi connectivity index (χ4n) is 0.906. The molecule has 6 heteroatoms. The highest BCUT2D eigenvalue weighted by Crippen LogP contribution is 2.31. The van der Waals surface area contributed by atoms with Crippen molar-refractivity contribution in [3.8, 4) is 11.5 Å². The average molecular weight is 204 g/mol. The molecule has 0 aliphatic heterocycles. The number of benzene rings is 1. The molecule has 0 aliphatic carbocycles. The highest BCUT2D eigenvalue weighted by atomic mass is 19.3. The van der Waals surface area contributed by atoms with E-state index in [1.165, 1.54) is 6.07 Å². The Morgan fingerprint density at radius 3 is 2.57 bits per heavy atom. The third-order valence-corrected chi connectivity index (χ3v) is 1.43. The summed E-state index contributed by atoms with van der Waals surface area (Å²) >= 11 is 0. The molecule has 0 aromatic heterocycles. The van der Waals surface area contributed by atoms with Crippen LogP contribution >= 0.6 is 0 Å². The van der Waals surface area contributed by atoms with Gasteiger partial charge in [0.15, 0.2) is 11.5 Å². The number of phenols is 1. The van der Waals surface area contributed by atoms with Crippen LogP contribution in [0.1, 0.15) is 10.4 Å². The zero-order valence-electron chi connectivity index (χ0n) is 6.78. The van der Waals surface area contributed by atoms with Crippen LogP contribution in [0.4, 0.5) is 8.78 Å². The molecule has 2 N–H and O–H groups in total. The standard InChI is InChI=1S/C8H6F2O4/c9-8(10)14-6-4(7(12)13)2-1-3-5(6)11/h1-3,8,11H,(H,12,13). The first-order valence-electron chi connectivity index (χ1n) is 3.52. The second-order valence-electron chi connectivity index (χ2n) is 2.34. The van der Waals surface area contributed by atoms with Crippen molar-refractivity contribution in [2.45, 2.75) is 6.61 Å². The predicted octanol–water partition coefficient (Wildman–Crippen LogP) is 1.69. The predicted molar refractivity (Wildman–Crippen MR) is 41.7 cm³/mol. The summed E-state index contributed by atoms with van der Waals surface area (Å²) in [4.78, 5) is 10.5. The molecular weight excluding hydrogens is 198 g/mol. The first-order valence-corrected chi connectivity index (χ1v) is 3.52. The van der Waals surface area contributed by atoms with Crippen LogP contribution < -0.4 is 4.74 Å². The maximum atomic E-state index is 11.8. The first kappa shape index (κ1) is 10.2. The van der Waals surface area contributed by atoms with Gasteiger partial charge in [0.2, 0.25) is 0 Å². The van der Waals surface area contributed by atoms with Gasteiger partial charge in [-0.2, -0.15) is 8.78 Å². The summed E-state index contributed by atoms with van der Waals surface area (Å²) in [6, 6.07) is 3.33. The average Bonchev–Trinajstić information content (AvgIpc) is 2.07. The van der Waals surface area contributed by atoms with E-state index in [0.29, 0.717) is 0 Å². The van der Waals surface area contributed by atoms with Crippen molar-refractivity contribution in [3.05, 3.63) is 23.8 Å². The van der Waals surface area contributed by atoms with Crippen molar-refractivity contribution in [1.82, 2.24) is 0 Å². The molecule has 0 unspecified atom stereocenters. The zero-order valence-corrected chi connectivity index (χ0v) is 6.78. The van der Waals surface area contributed by atoms with Gasteiger partial charge in [0.25, 0.3) is 0 Å². The number of hydrogen-bond acceptors (Lipinski definition) is 3. The van der Waals surface area contributed by atoms with E-state index in [9.17, 15) is 13.6 Å². The molecule has 0 bridgehead atoms. The molecule has 1 aromatic carbocycles. The Labute approximate surface area is 77.4 Å². The van der Waals surface area contributed by atoms with E-state index in [-0.39, 0.29) is 0 Å². The van der Waals surface area contributed by atoms with Gasteiger partial charge in [-0.05, 0) is 12.1 Å². The minimum absolute atomic E-state index is 0.509. The number of para-hydroxylation sites is 1. The molecule has 0 saturated carbocycles. The van der Waals surface area contributed by atoms with Crippen molar-refractivity contribution < 1.29 is 28.5 Å². The third kappa shape index (κ3) is 2.09. The van der Waals surface area contributed by atoms with Gasteiger partial charge in [0, 0.05) is 0 Å². The Morgan fingerprint density at radius 2 is 2.07 bits per heavy atom. The van der Waals surface area contributed by atoms with Gasteiger partial charge in [-0.25, -0.2) is 4.79 Å². The van der Waals surface area contributed by atoms with E-state index in [0.717, 1.165) is 12.1 Å². The molecule has 0 aliphatic rings. The fourth-order valence-corrected chi connectivity index (χ4v) is 0.906. The molecule has 14 heavy (non-hydrogen) atoms. The van der Waals surface area contributed by atoms with Crippen LogP contribution in [0.2, 0.25) is 0 Å². The summed E-state index contributed by atoms with van der Waals surface area (Å²) in [6.07, 6.45) is 0. The first-order chi connectivity index (χ1) is 6.52. The van der Waals surface area contributed by atoms with E-state index in [4.69, 9.17) is 10.2 Å². The number of alkyl halides is 2. The minimum Gasteiger partial charge on any atom is -0.504 e. The number of halogens is 2. The van der Waals surface area contributed by atoms with Crippen molar-refractivity contribution in [1.29, 1.82) is 0 Å². The fraction of sp³-hybridized carbons (Fsp3) is 0.125. The van der Waals surface area contributed by atoms with Crippen LogP contribution in [0.5, 0.6) is 11.5 Å². The Morgan fingerprint density at radius 1 is 1.43 bits per heavy atom. The molecule has 0 saturated heterocycles. The summed E-state index contributed by atoms with van der Waals surface area (Å²) < 4.78 is 27.5. The number of carbonyl (C=O) groups is 1. The lowest BCUT2D eigenvalue weighted by molar-refractivity contribution is -0.0517. The molecule has 0 fully saturated rings.